The minimum absolute atomic E-state index is 0.0994. The molecule has 154 valence electrons. The Morgan fingerprint density at radius 3 is 2.14 bits per heavy atom. The molecular weight excluding hydrogens is 364 g/mol. The van der Waals surface area contributed by atoms with Crippen molar-refractivity contribution in [3.8, 4) is 5.75 Å². The smallest absolute Gasteiger partial charge is 0.255 e. The zero-order chi connectivity index (χ0) is 20.6. The molecule has 1 fully saturated rings. The van der Waals surface area contributed by atoms with Gasteiger partial charge in [0.2, 0.25) is 0 Å². The maximum absolute atomic E-state index is 12.6. The third-order valence-corrected chi connectivity index (χ3v) is 5.06. The number of nitrogens with one attached hydrogen (secondary N) is 2. The molecule has 1 aliphatic rings. The van der Waals surface area contributed by atoms with Crippen LogP contribution in [0.3, 0.4) is 0 Å². The maximum atomic E-state index is 12.6. The zero-order valence-corrected chi connectivity index (χ0v) is 17.2. The number of anilines is 1. The van der Waals surface area contributed by atoms with Crippen LogP contribution in [0.15, 0.2) is 48.5 Å². The fourth-order valence-corrected chi connectivity index (χ4v) is 3.59. The van der Waals surface area contributed by atoms with Crippen molar-refractivity contribution in [1.29, 1.82) is 0 Å². The molecule has 2 aromatic rings. The van der Waals surface area contributed by atoms with E-state index in [1.54, 1.807) is 36.4 Å². The highest BCUT2D eigenvalue weighted by molar-refractivity contribution is 6.06. The molecule has 0 aliphatic heterocycles. The molecular formula is C24H30N2O3. The van der Waals surface area contributed by atoms with Crippen LogP contribution in [0.2, 0.25) is 0 Å². The predicted octanol–water partition coefficient (Wildman–Crippen LogP) is 5.18. The monoisotopic (exact) mass is 394 g/mol. The number of ether oxygens (including phenoxy) is 1. The fraction of sp³-hybridized carbons (Fsp3) is 0.417. The SMILES string of the molecule is CC(C)Oc1ccc(NC(=O)c2cccc(C(=O)NC3CCCCCC3)c2)cc1. The summed E-state index contributed by atoms with van der Waals surface area (Å²) < 4.78 is 5.61. The van der Waals surface area contributed by atoms with Crippen LogP contribution in [0.4, 0.5) is 5.69 Å². The summed E-state index contributed by atoms with van der Waals surface area (Å²) in [5, 5.41) is 6.00. The van der Waals surface area contributed by atoms with Crippen molar-refractivity contribution in [2.45, 2.75) is 64.5 Å². The van der Waals surface area contributed by atoms with E-state index in [0.717, 1.165) is 31.4 Å². The van der Waals surface area contributed by atoms with E-state index >= 15 is 0 Å². The van der Waals surface area contributed by atoms with Crippen LogP contribution < -0.4 is 15.4 Å². The van der Waals surface area contributed by atoms with Gasteiger partial charge >= 0.3 is 0 Å². The molecule has 2 aromatic carbocycles. The van der Waals surface area contributed by atoms with Gasteiger partial charge < -0.3 is 15.4 Å². The fourth-order valence-electron chi connectivity index (χ4n) is 3.59. The number of benzene rings is 2. The van der Waals surface area contributed by atoms with E-state index in [1.165, 1.54) is 12.8 Å². The van der Waals surface area contributed by atoms with Gasteiger partial charge in [-0.1, -0.05) is 31.7 Å². The second-order valence-corrected chi connectivity index (χ2v) is 7.89. The number of carbonyl (C=O) groups excluding carboxylic acids is 2. The molecule has 2 N–H and O–H groups in total. The largest absolute Gasteiger partial charge is 0.491 e. The van der Waals surface area contributed by atoms with Gasteiger partial charge in [-0.05, 0) is 69.2 Å². The standard InChI is InChI=1S/C24H30N2O3/c1-17(2)29-22-14-12-21(13-15-22)26-24(28)19-9-7-8-18(16-19)23(27)25-20-10-5-3-4-6-11-20/h7-9,12-17,20H,3-6,10-11H2,1-2H3,(H,25,27)(H,26,28). The van der Waals surface area contributed by atoms with Gasteiger partial charge in [0, 0.05) is 22.9 Å². The highest BCUT2D eigenvalue weighted by Gasteiger charge is 2.17. The summed E-state index contributed by atoms with van der Waals surface area (Å²) >= 11 is 0. The summed E-state index contributed by atoms with van der Waals surface area (Å²) in [6.07, 6.45) is 6.97. The minimum Gasteiger partial charge on any atom is -0.491 e. The molecule has 2 amide bonds. The lowest BCUT2D eigenvalue weighted by Crippen LogP contribution is -2.34. The molecule has 29 heavy (non-hydrogen) atoms. The summed E-state index contributed by atoms with van der Waals surface area (Å²) in [7, 11) is 0. The Bertz CT molecular complexity index is 822. The van der Waals surface area contributed by atoms with Crippen molar-refractivity contribution in [3.63, 3.8) is 0 Å². The van der Waals surface area contributed by atoms with Crippen LogP contribution >= 0.6 is 0 Å². The van der Waals surface area contributed by atoms with Crippen LogP contribution in [0.1, 0.15) is 73.1 Å². The van der Waals surface area contributed by atoms with Crippen molar-refractivity contribution < 1.29 is 14.3 Å². The van der Waals surface area contributed by atoms with Crippen molar-refractivity contribution in [1.82, 2.24) is 5.32 Å². The molecule has 0 unspecified atom stereocenters. The Balaban J connectivity index is 1.62. The third-order valence-electron chi connectivity index (χ3n) is 5.06. The van der Waals surface area contributed by atoms with Gasteiger partial charge in [-0.2, -0.15) is 0 Å². The van der Waals surface area contributed by atoms with E-state index in [2.05, 4.69) is 10.6 Å². The molecule has 3 rings (SSSR count). The van der Waals surface area contributed by atoms with E-state index in [9.17, 15) is 9.59 Å². The van der Waals surface area contributed by atoms with Gasteiger partial charge in [-0.25, -0.2) is 0 Å². The quantitative estimate of drug-likeness (QED) is 0.664. The topological polar surface area (TPSA) is 67.4 Å². The Kier molecular flexibility index (Phi) is 7.28. The van der Waals surface area contributed by atoms with E-state index < -0.39 is 0 Å². The van der Waals surface area contributed by atoms with Gasteiger partial charge in [0.25, 0.3) is 11.8 Å². The van der Waals surface area contributed by atoms with Crippen LogP contribution in [0.25, 0.3) is 0 Å². The molecule has 5 heteroatoms. The van der Waals surface area contributed by atoms with Crippen molar-refractivity contribution in [2.75, 3.05) is 5.32 Å². The van der Waals surface area contributed by atoms with E-state index in [1.807, 2.05) is 26.0 Å². The summed E-state index contributed by atoms with van der Waals surface area (Å²) in [4.78, 5) is 25.2. The molecule has 0 spiro atoms. The average Bonchev–Trinajstić information content (AvgIpc) is 2.98. The van der Waals surface area contributed by atoms with E-state index in [-0.39, 0.29) is 24.0 Å². The van der Waals surface area contributed by atoms with Crippen molar-refractivity contribution in [2.24, 2.45) is 0 Å². The van der Waals surface area contributed by atoms with Gasteiger partial charge in [-0.3, -0.25) is 9.59 Å². The van der Waals surface area contributed by atoms with Crippen LogP contribution in [-0.4, -0.2) is 24.0 Å². The third kappa shape index (κ3) is 6.34. The first-order valence-corrected chi connectivity index (χ1v) is 10.5. The molecule has 0 bridgehead atoms. The van der Waals surface area contributed by atoms with Crippen molar-refractivity contribution >= 4 is 17.5 Å². The number of carbonyl (C=O) groups is 2. The molecule has 0 radical (unpaired) electrons. The lowest BCUT2D eigenvalue weighted by atomic mass is 10.1. The highest BCUT2D eigenvalue weighted by atomic mass is 16.5. The summed E-state index contributed by atoms with van der Waals surface area (Å²) in [5.41, 5.74) is 1.66. The van der Waals surface area contributed by atoms with E-state index in [4.69, 9.17) is 4.74 Å². The molecule has 5 nitrogen and oxygen atoms in total. The second-order valence-electron chi connectivity index (χ2n) is 7.89. The Hall–Kier alpha value is -2.82. The van der Waals surface area contributed by atoms with Crippen LogP contribution in [0, 0.1) is 0 Å². The maximum Gasteiger partial charge on any atom is 0.255 e. The van der Waals surface area contributed by atoms with Crippen LogP contribution in [0.5, 0.6) is 5.75 Å². The molecule has 0 aromatic heterocycles. The molecule has 0 heterocycles. The lowest BCUT2D eigenvalue weighted by molar-refractivity contribution is 0.0933. The lowest BCUT2D eigenvalue weighted by Gasteiger charge is -2.16. The Morgan fingerprint density at radius 1 is 0.897 bits per heavy atom. The predicted molar refractivity (Wildman–Crippen MR) is 116 cm³/mol. The van der Waals surface area contributed by atoms with Crippen LogP contribution in [-0.2, 0) is 0 Å². The molecule has 0 saturated heterocycles. The second kappa shape index (κ2) is 10.1. The first-order chi connectivity index (χ1) is 14.0. The normalized spacial score (nSPS) is 14.9. The first kappa shape index (κ1) is 20.9. The van der Waals surface area contributed by atoms with E-state index in [0.29, 0.717) is 16.8 Å². The number of hydrogen-bond acceptors (Lipinski definition) is 3. The van der Waals surface area contributed by atoms with Gasteiger partial charge in [0.1, 0.15) is 5.75 Å². The summed E-state index contributed by atoms with van der Waals surface area (Å²) in [6, 6.07) is 14.4. The number of amides is 2. The molecule has 1 aliphatic carbocycles. The summed E-state index contributed by atoms with van der Waals surface area (Å²) in [5.74, 6) is 0.406. The van der Waals surface area contributed by atoms with Gasteiger partial charge in [0.15, 0.2) is 0 Å². The zero-order valence-electron chi connectivity index (χ0n) is 17.2. The number of hydrogen-bond donors (Lipinski definition) is 2. The average molecular weight is 395 g/mol. The number of rotatable bonds is 6. The molecule has 1 saturated carbocycles. The molecule has 0 atom stereocenters. The highest BCUT2D eigenvalue weighted by Crippen LogP contribution is 2.19. The first-order valence-electron chi connectivity index (χ1n) is 10.5. The van der Waals surface area contributed by atoms with Crippen molar-refractivity contribution in [3.05, 3.63) is 59.7 Å². The Morgan fingerprint density at radius 2 is 1.52 bits per heavy atom. The Labute approximate surface area is 172 Å². The van der Waals surface area contributed by atoms with Gasteiger partial charge in [0.05, 0.1) is 6.10 Å². The minimum atomic E-state index is -0.244. The summed E-state index contributed by atoms with van der Waals surface area (Å²) in [6.45, 7) is 3.93. The van der Waals surface area contributed by atoms with Gasteiger partial charge in [-0.15, -0.1) is 0 Å².